The zero-order chi connectivity index (χ0) is 55.6. The van der Waals surface area contributed by atoms with E-state index in [0.29, 0.717) is 44.6 Å². The van der Waals surface area contributed by atoms with Gasteiger partial charge in [-0.15, -0.1) is 0 Å². The van der Waals surface area contributed by atoms with Crippen molar-refractivity contribution < 1.29 is 51.5 Å². The molecule has 5 aliphatic heterocycles. The Morgan fingerprint density at radius 3 is 1.58 bits per heavy atom. The molecule has 0 aromatic heterocycles. The Morgan fingerprint density at radius 1 is 0.615 bits per heavy atom. The van der Waals surface area contributed by atoms with Gasteiger partial charge in [-0.2, -0.15) is 0 Å². The number of methoxy groups -OCH3 is 2. The summed E-state index contributed by atoms with van der Waals surface area (Å²) < 4.78 is 70.4. The van der Waals surface area contributed by atoms with E-state index in [0.717, 1.165) is 23.2 Å². The van der Waals surface area contributed by atoms with Crippen molar-refractivity contribution in [2.45, 2.75) is 217 Å². The third kappa shape index (κ3) is 12.2. The van der Waals surface area contributed by atoms with Crippen molar-refractivity contribution in [1.29, 1.82) is 0 Å². The van der Waals surface area contributed by atoms with Gasteiger partial charge in [0.1, 0.15) is 36.3 Å². The van der Waals surface area contributed by atoms with Crippen LogP contribution in [-0.2, 0) is 51.5 Å². The third-order valence-corrected chi connectivity index (χ3v) is 28.2. The second kappa shape index (κ2) is 24.6. The fourth-order valence-electron chi connectivity index (χ4n) is 14.0. The Bertz CT molecular complexity index is 2440. The summed E-state index contributed by atoms with van der Waals surface area (Å²) in [7, 11) is -3.16. The van der Waals surface area contributed by atoms with Crippen LogP contribution in [-0.4, -0.2) is 122 Å². The quantitative estimate of drug-likeness (QED) is 0.0588. The van der Waals surface area contributed by atoms with Crippen LogP contribution in [0.15, 0.2) is 121 Å². The summed E-state index contributed by atoms with van der Waals surface area (Å²) in [6.07, 6.45) is 0.380. The van der Waals surface area contributed by atoms with Gasteiger partial charge < -0.3 is 46.7 Å². The Kier molecular flexibility index (Phi) is 18.7. The summed E-state index contributed by atoms with van der Waals surface area (Å²) in [6.45, 7) is 25.1. The number of ketones is 1. The number of hydrogen-bond acceptors (Lipinski definition) is 11. The standard InChI is InChI=1S/C65H92O11Si2/c1-14-43(2)37-54-44(3)52(55(71-54)41-57(67-12)68-13)39-45(66)38-46-35-36-53-58(70-46)62(76-78(64(7,8)9,50-31-23-17-24-32-50)51-33-25-18-26-34-51)61-60(72-53)59(56(73-61)40-47-42-69-65(10,11)74-47)75-77(63(4,5)6,48-27-19-15-20-28-48)49-29-21-16-22-30-49/h15-34,43-44,46-47,52-62H,14,35-42H2,1-13H3/t43-,44-,46-,47?,52?,53+,54-,55+,56-,58+,59+,60+,61-,62+/m1/s1. The maximum Gasteiger partial charge on any atom is 0.261 e. The van der Waals surface area contributed by atoms with Gasteiger partial charge in [0, 0.05) is 39.9 Å². The fourth-order valence-corrected chi connectivity index (χ4v) is 23.4. The second-order valence-corrected chi connectivity index (χ2v) is 34.3. The molecular formula is C65H92O11Si2. The zero-order valence-electron chi connectivity index (χ0n) is 49.1. The highest BCUT2D eigenvalue weighted by molar-refractivity contribution is 7.00. The van der Waals surface area contributed by atoms with Gasteiger partial charge in [0.2, 0.25) is 0 Å². The number of carbonyl (C=O) groups is 1. The molecule has 5 heterocycles. The van der Waals surface area contributed by atoms with Gasteiger partial charge in [0.25, 0.3) is 16.6 Å². The Morgan fingerprint density at radius 2 is 1.12 bits per heavy atom. The van der Waals surface area contributed by atoms with Crippen molar-refractivity contribution in [3.63, 3.8) is 0 Å². The van der Waals surface area contributed by atoms with E-state index in [4.69, 9.17) is 46.7 Å². The van der Waals surface area contributed by atoms with Gasteiger partial charge in [0.15, 0.2) is 12.1 Å². The summed E-state index contributed by atoms with van der Waals surface area (Å²) in [5, 5.41) is 4.01. The molecule has 4 aromatic rings. The molecule has 5 aliphatic rings. The van der Waals surface area contributed by atoms with Crippen LogP contribution in [0.3, 0.4) is 0 Å². The number of fused-ring (bicyclic) bond motifs is 2. The molecule has 0 N–H and O–H groups in total. The monoisotopic (exact) mass is 1100 g/mol. The van der Waals surface area contributed by atoms with Gasteiger partial charge in [-0.05, 0) is 81.7 Å². The smallest absolute Gasteiger partial charge is 0.261 e. The first-order valence-corrected chi connectivity index (χ1v) is 33.1. The number of hydrogen-bond donors (Lipinski definition) is 0. The second-order valence-electron chi connectivity index (χ2n) is 25.8. The van der Waals surface area contributed by atoms with Crippen LogP contribution in [0.5, 0.6) is 0 Å². The van der Waals surface area contributed by atoms with E-state index >= 15 is 0 Å². The minimum Gasteiger partial charge on any atom is -0.399 e. The number of ether oxygens (including phenoxy) is 8. The van der Waals surface area contributed by atoms with Crippen molar-refractivity contribution in [3.05, 3.63) is 121 Å². The number of carbonyl (C=O) groups excluding carboxylic acids is 1. The summed E-state index contributed by atoms with van der Waals surface area (Å²) in [6, 6.07) is 43.3. The molecule has 9 rings (SSSR count). The number of benzene rings is 4. The average Bonchev–Trinajstić information content (AvgIpc) is 4.21. The van der Waals surface area contributed by atoms with Crippen molar-refractivity contribution in [2.24, 2.45) is 17.8 Å². The molecule has 78 heavy (non-hydrogen) atoms. The van der Waals surface area contributed by atoms with Gasteiger partial charge >= 0.3 is 0 Å². The van der Waals surface area contributed by atoms with E-state index in [9.17, 15) is 4.79 Å². The molecule has 2 unspecified atom stereocenters. The highest BCUT2D eigenvalue weighted by atomic mass is 28.4. The normalized spacial score (nSPS) is 30.8. The molecule has 0 aliphatic carbocycles. The average molecular weight is 1110 g/mol. The minimum atomic E-state index is -3.28. The molecule has 5 fully saturated rings. The Labute approximate surface area is 469 Å². The first-order valence-electron chi connectivity index (χ1n) is 29.3. The van der Waals surface area contributed by atoms with Gasteiger partial charge in [0.05, 0.1) is 43.2 Å². The Hall–Kier alpha value is -3.42. The molecule has 4 aromatic carbocycles. The van der Waals surface area contributed by atoms with Gasteiger partial charge in [-0.1, -0.05) is 190 Å². The van der Waals surface area contributed by atoms with Crippen LogP contribution in [0, 0.1) is 17.8 Å². The number of Topliss-reactive ketones (excluding diaryl/α,β-unsaturated/α-hetero) is 1. The first kappa shape index (κ1) is 59.2. The number of rotatable bonds is 21. The summed E-state index contributed by atoms with van der Waals surface area (Å²) >= 11 is 0. The maximum atomic E-state index is 14.8. The van der Waals surface area contributed by atoms with E-state index in [1.165, 1.54) is 10.4 Å². The van der Waals surface area contributed by atoms with Crippen LogP contribution in [0.2, 0.25) is 10.1 Å². The molecule has 0 spiro atoms. The largest absolute Gasteiger partial charge is 0.399 e. The fraction of sp³-hybridized carbons (Fsp3) is 0.615. The van der Waals surface area contributed by atoms with E-state index in [-0.39, 0.29) is 64.6 Å². The van der Waals surface area contributed by atoms with Gasteiger partial charge in [-0.25, -0.2) is 0 Å². The van der Waals surface area contributed by atoms with Gasteiger partial charge in [-0.3, -0.25) is 4.79 Å². The molecule has 426 valence electrons. The molecule has 14 atom stereocenters. The predicted molar refractivity (Wildman–Crippen MR) is 312 cm³/mol. The topological polar surface area (TPSA) is 109 Å². The van der Waals surface area contributed by atoms with Crippen LogP contribution in [0.1, 0.15) is 128 Å². The molecule has 0 amide bonds. The third-order valence-electron chi connectivity index (χ3n) is 18.1. The van der Waals surface area contributed by atoms with Crippen LogP contribution < -0.4 is 20.7 Å². The SMILES string of the molecule is CC[C@@H](C)C[C@H]1O[C@@H](CC(OC)OC)C(CC(=O)C[C@H]2CC[C@@H]3O[C@@H]4[C@@H](O[C@H](CC5COC(C)(C)O5)[C@@H]4O[Si](c4ccccc4)(c4ccccc4)C(C)(C)C)[C@@H](O[Si](c4ccccc4)(c4ccccc4)C(C)(C)C)[C@H]3O2)[C@H]1C. The van der Waals surface area contributed by atoms with E-state index in [1.807, 2.05) is 13.8 Å². The van der Waals surface area contributed by atoms with E-state index < -0.39 is 65.3 Å². The maximum absolute atomic E-state index is 14.8. The minimum absolute atomic E-state index is 0.0248. The van der Waals surface area contributed by atoms with Crippen LogP contribution in [0.4, 0.5) is 0 Å². The molecule has 13 heteroatoms. The van der Waals surface area contributed by atoms with E-state index in [1.54, 1.807) is 14.2 Å². The van der Waals surface area contributed by atoms with Crippen LogP contribution >= 0.6 is 0 Å². The van der Waals surface area contributed by atoms with Crippen LogP contribution in [0.25, 0.3) is 0 Å². The van der Waals surface area contributed by atoms with Crippen molar-refractivity contribution >= 4 is 43.2 Å². The predicted octanol–water partition coefficient (Wildman–Crippen LogP) is 10.3. The first-order chi connectivity index (χ1) is 37.2. The molecule has 0 saturated carbocycles. The molecule has 0 radical (unpaired) electrons. The highest BCUT2D eigenvalue weighted by Gasteiger charge is 2.65. The molecule has 5 saturated heterocycles. The summed E-state index contributed by atoms with van der Waals surface area (Å²) in [5.74, 6) is 0.182. The lowest BCUT2D eigenvalue weighted by Gasteiger charge is -2.53. The lowest BCUT2D eigenvalue weighted by Crippen LogP contribution is -2.73. The van der Waals surface area contributed by atoms with Crippen molar-refractivity contribution in [3.8, 4) is 0 Å². The molecule has 11 nitrogen and oxygen atoms in total. The van der Waals surface area contributed by atoms with Crippen molar-refractivity contribution in [2.75, 3.05) is 20.8 Å². The lowest BCUT2D eigenvalue weighted by atomic mass is 9.80. The van der Waals surface area contributed by atoms with Crippen molar-refractivity contribution in [1.82, 2.24) is 0 Å². The zero-order valence-corrected chi connectivity index (χ0v) is 51.1. The molecule has 0 bridgehead atoms. The van der Waals surface area contributed by atoms with E-state index in [2.05, 4.69) is 184 Å². The summed E-state index contributed by atoms with van der Waals surface area (Å²) in [4.78, 5) is 14.8. The highest BCUT2D eigenvalue weighted by Crippen LogP contribution is 2.49. The Balaban J connectivity index is 1.12. The summed E-state index contributed by atoms with van der Waals surface area (Å²) in [5.41, 5.74) is 0. The lowest BCUT2D eigenvalue weighted by molar-refractivity contribution is -0.254. The molecular weight excluding hydrogens is 1010 g/mol.